The number of hydrogen-bond donors (Lipinski definition) is 1. The molecule has 1 aliphatic heterocycles. The van der Waals surface area contributed by atoms with Crippen LogP contribution in [0.1, 0.15) is 50.0 Å². The lowest BCUT2D eigenvalue weighted by Crippen LogP contribution is -2.41. The van der Waals surface area contributed by atoms with Crippen molar-refractivity contribution in [3.05, 3.63) is 129 Å². The maximum atomic E-state index is 14.1. The van der Waals surface area contributed by atoms with Crippen molar-refractivity contribution in [3.8, 4) is 0 Å². The molecule has 0 spiro atoms. The van der Waals surface area contributed by atoms with Gasteiger partial charge in [0, 0.05) is 22.5 Å². The molecule has 1 saturated heterocycles. The third-order valence-electron chi connectivity index (χ3n) is 8.60. The molecule has 1 fully saturated rings. The number of nitrogens with zero attached hydrogens (tertiary/aromatic N) is 1. The summed E-state index contributed by atoms with van der Waals surface area (Å²) in [6.07, 6.45) is 0. The second-order valence-corrected chi connectivity index (χ2v) is 11.3. The minimum Gasteiger partial charge on any atom is -0.452 e. The van der Waals surface area contributed by atoms with Crippen molar-refractivity contribution in [3.63, 3.8) is 0 Å². The third-order valence-corrected chi connectivity index (χ3v) is 9.01. The summed E-state index contributed by atoms with van der Waals surface area (Å²) in [5.74, 6) is -3.71. The van der Waals surface area contributed by atoms with Gasteiger partial charge in [-0.2, -0.15) is 0 Å². The quantitative estimate of drug-likeness (QED) is 0.238. The molecule has 2 bridgehead atoms. The lowest BCUT2D eigenvalue weighted by Gasteiger charge is -2.45. The van der Waals surface area contributed by atoms with Crippen molar-refractivity contribution in [2.45, 2.75) is 18.8 Å². The SMILES string of the molecule is Cc1ccc(NC(=O)COC(=O)c2ccccc2N2C(=O)[C@@H]3C4c5ccccc5C(c5ccccc54)[C@H]3C2=O)cc1Cl. The second-order valence-electron chi connectivity index (χ2n) is 10.9. The Morgan fingerprint density at radius 2 is 1.31 bits per heavy atom. The zero-order valence-corrected chi connectivity index (χ0v) is 23.3. The van der Waals surface area contributed by atoms with E-state index in [2.05, 4.69) is 5.32 Å². The van der Waals surface area contributed by atoms with E-state index < -0.39 is 30.3 Å². The molecule has 0 aromatic heterocycles. The molecular formula is C34H25ClN2O5. The first kappa shape index (κ1) is 26.2. The summed E-state index contributed by atoms with van der Waals surface area (Å²) in [6.45, 7) is 1.29. The zero-order chi connectivity index (χ0) is 29.1. The van der Waals surface area contributed by atoms with Crippen molar-refractivity contribution >= 4 is 46.7 Å². The number of halogens is 1. The van der Waals surface area contributed by atoms with Crippen LogP contribution in [0.3, 0.4) is 0 Å². The Hall–Kier alpha value is -4.75. The van der Waals surface area contributed by atoms with E-state index in [-0.39, 0.29) is 34.9 Å². The van der Waals surface area contributed by atoms with E-state index >= 15 is 0 Å². The average molecular weight is 577 g/mol. The Labute approximate surface area is 247 Å². The van der Waals surface area contributed by atoms with Crippen LogP contribution in [0.25, 0.3) is 0 Å². The number of rotatable bonds is 5. The molecule has 1 heterocycles. The van der Waals surface area contributed by atoms with Crippen LogP contribution >= 0.6 is 11.6 Å². The van der Waals surface area contributed by atoms with Crippen molar-refractivity contribution in [2.24, 2.45) is 11.8 Å². The van der Waals surface area contributed by atoms with Gasteiger partial charge >= 0.3 is 5.97 Å². The third kappa shape index (κ3) is 3.96. The summed E-state index contributed by atoms with van der Waals surface area (Å²) < 4.78 is 5.33. The van der Waals surface area contributed by atoms with Gasteiger partial charge in [0.05, 0.1) is 23.1 Å². The van der Waals surface area contributed by atoms with Gasteiger partial charge in [0.15, 0.2) is 6.61 Å². The number of amides is 3. The number of imide groups is 1. The molecule has 8 heteroatoms. The molecule has 0 unspecified atom stereocenters. The van der Waals surface area contributed by atoms with Gasteiger partial charge in [-0.05, 0) is 59.0 Å². The fourth-order valence-corrected chi connectivity index (χ4v) is 7.01. The molecule has 0 radical (unpaired) electrons. The number of para-hydroxylation sites is 1. The number of esters is 1. The van der Waals surface area contributed by atoms with Crippen LogP contribution in [0, 0.1) is 18.8 Å². The normalized spacial score (nSPS) is 21.4. The smallest absolute Gasteiger partial charge is 0.340 e. The molecule has 3 amide bonds. The standard InChI is InChI=1S/C34H25ClN2O5/c1-18-14-15-19(16-25(18)35)36-27(38)17-42-34(41)24-12-6-7-13-26(24)37-32(39)30-28-20-8-2-3-9-21(20)29(31(30)33(37)40)23-11-5-4-10-22(23)28/h2-16,28-31H,17H2,1H3,(H,36,38)/t28?,29?,30-,31-/m1/s1. The molecule has 4 aliphatic rings. The highest BCUT2D eigenvalue weighted by Crippen LogP contribution is 2.61. The highest BCUT2D eigenvalue weighted by Gasteiger charge is 2.62. The average Bonchev–Trinajstić information content (AvgIpc) is 3.27. The Morgan fingerprint density at radius 1 is 0.786 bits per heavy atom. The van der Waals surface area contributed by atoms with Crippen LogP contribution in [0.4, 0.5) is 11.4 Å². The molecule has 42 heavy (non-hydrogen) atoms. The number of benzene rings is 4. The van der Waals surface area contributed by atoms with E-state index in [1.807, 2.05) is 55.5 Å². The van der Waals surface area contributed by atoms with Gasteiger partial charge in [0.1, 0.15) is 0 Å². The highest BCUT2D eigenvalue weighted by atomic mass is 35.5. The van der Waals surface area contributed by atoms with Crippen molar-refractivity contribution < 1.29 is 23.9 Å². The van der Waals surface area contributed by atoms with Crippen molar-refractivity contribution in [1.82, 2.24) is 0 Å². The summed E-state index contributed by atoms with van der Waals surface area (Å²) in [5, 5.41) is 3.15. The molecule has 2 atom stereocenters. The summed E-state index contributed by atoms with van der Waals surface area (Å²) >= 11 is 6.13. The fourth-order valence-electron chi connectivity index (χ4n) is 6.83. The number of nitrogens with one attached hydrogen (secondary N) is 1. The Bertz CT molecular complexity index is 1700. The molecule has 4 aromatic carbocycles. The van der Waals surface area contributed by atoms with E-state index in [0.29, 0.717) is 10.7 Å². The minimum atomic E-state index is -0.812. The lowest BCUT2D eigenvalue weighted by atomic mass is 9.55. The van der Waals surface area contributed by atoms with Crippen molar-refractivity contribution in [2.75, 3.05) is 16.8 Å². The zero-order valence-electron chi connectivity index (χ0n) is 22.5. The van der Waals surface area contributed by atoms with Gasteiger partial charge in [-0.3, -0.25) is 14.4 Å². The molecule has 7 nitrogen and oxygen atoms in total. The number of anilines is 2. The Morgan fingerprint density at radius 3 is 1.86 bits per heavy atom. The number of hydrogen-bond acceptors (Lipinski definition) is 5. The molecule has 8 rings (SSSR count). The van der Waals surface area contributed by atoms with Gasteiger partial charge < -0.3 is 10.1 Å². The first-order valence-corrected chi connectivity index (χ1v) is 14.1. The number of carbonyl (C=O) groups is 4. The predicted octanol–water partition coefficient (Wildman–Crippen LogP) is 5.84. The molecule has 0 saturated carbocycles. The number of aryl methyl sites for hydroxylation is 1. The van der Waals surface area contributed by atoms with Gasteiger partial charge in [0.25, 0.3) is 5.91 Å². The molecule has 1 N–H and O–H groups in total. The Balaban J connectivity index is 1.17. The van der Waals surface area contributed by atoms with Crippen LogP contribution in [0.5, 0.6) is 0 Å². The van der Waals surface area contributed by atoms with Gasteiger partial charge in [0.2, 0.25) is 11.8 Å². The summed E-state index contributed by atoms with van der Waals surface area (Å²) in [5.41, 5.74) is 5.80. The van der Waals surface area contributed by atoms with E-state index in [4.69, 9.17) is 16.3 Å². The number of carbonyl (C=O) groups excluding carboxylic acids is 4. The summed E-state index contributed by atoms with van der Waals surface area (Å²) in [7, 11) is 0. The van der Waals surface area contributed by atoms with E-state index in [0.717, 1.165) is 32.7 Å². The van der Waals surface area contributed by atoms with Crippen molar-refractivity contribution in [1.29, 1.82) is 0 Å². The van der Waals surface area contributed by atoms with Gasteiger partial charge in [-0.25, -0.2) is 9.69 Å². The maximum absolute atomic E-state index is 14.1. The largest absolute Gasteiger partial charge is 0.452 e. The van der Waals surface area contributed by atoms with Gasteiger partial charge in [-0.15, -0.1) is 0 Å². The van der Waals surface area contributed by atoms with Crippen LogP contribution in [-0.2, 0) is 19.1 Å². The lowest BCUT2D eigenvalue weighted by molar-refractivity contribution is -0.122. The summed E-state index contributed by atoms with van der Waals surface area (Å²) in [4.78, 5) is 55.2. The van der Waals surface area contributed by atoms with Crippen LogP contribution in [-0.4, -0.2) is 30.3 Å². The Kier molecular flexibility index (Phi) is 6.21. The number of ether oxygens (including phenoxy) is 1. The first-order chi connectivity index (χ1) is 20.3. The molecule has 3 aliphatic carbocycles. The van der Waals surface area contributed by atoms with Crippen LogP contribution in [0.2, 0.25) is 5.02 Å². The summed E-state index contributed by atoms with van der Waals surface area (Å²) in [6, 6.07) is 27.5. The van der Waals surface area contributed by atoms with E-state index in [1.54, 1.807) is 36.4 Å². The van der Waals surface area contributed by atoms with E-state index in [1.165, 1.54) is 6.07 Å². The molecule has 208 valence electrons. The first-order valence-electron chi connectivity index (χ1n) is 13.7. The maximum Gasteiger partial charge on any atom is 0.340 e. The fraction of sp³-hybridized carbons (Fsp3) is 0.176. The van der Waals surface area contributed by atoms with Crippen LogP contribution < -0.4 is 10.2 Å². The van der Waals surface area contributed by atoms with E-state index in [9.17, 15) is 19.2 Å². The molecular weight excluding hydrogens is 552 g/mol. The monoisotopic (exact) mass is 576 g/mol. The second kappa shape index (κ2) is 9.96. The van der Waals surface area contributed by atoms with Gasteiger partial charge in [-0.1, -0.05) is 78.3 Å². The minimum absolute atomic E-state index is 0.0337. The highest BCUT2D eigenvalue weighted by molar-refractivity contribution is 6.31. The predicted molar refractivity (Wildman–Crippen MR) is 158 cm³/mol. The van der Waals surface area contributed by atoms with Crippen LogP contribution in [0.15, 0.2) is 91.0 Å². The molecule has 4 aromatic rings. The topological polar surface area (TPSA) is 92.8 Å².